The molecule has 152 valence electrons. The number of benzene rings is 1. The van der Waals surface area contributed by atoms with Gasteiger partial charge >= 0.3 is 12.0 Å². The minimum Gasteiger partial charge on any atom is -0.452 e. The molecule has 0 atom stereocenters. The number of rotatable bonds is 7. The number of carbonyl (C=O) groups excluding carboxylic acids is 3. The number of hydrogen-bond acceptors (Lipinski definition) is 7. The number of nitrogens with zero attached hydrogens (tertiary/aromatic N) is 1. The Hall–Kier alpha value is -2.76. The molecular formula is C17H21N3O7S. The first kappa shape index (κ1) is 21.5. The van der Waals surface area contributed by atoms with Gasteiger partial charge in [-0.25, -0.2) is 18.0 Å². The zero-order valence-corrected chi connectivity index (χ0v) is 15.9. The summed E-state index contributed by atoms with van der Waals surface area (Å²) in [6, 6.07) is 4.59. The summed E-state index contributed by atoms with van der Waals surface area (Å²) < 4.78 is 36.5. The van der Waals surface area contributed by atoms with Crippen molar-refractivity contribution in [3.63, 3.8) is 0 Å². The van der Waals surface area contributed by atoms with Gasteiger partial charge in [-0.05, 0) is 18.2 Å². The number of sulfonamides is 1. The molecule has 0 aromatic heterocycles. The molecular weight excluding hydrogens is 390 g/mol. The molecule has 1 aliphatic rings. The van der Waals surface area contributed by atoms with Gasteiger partial charge in [0.25, 0.3) is 5.91 Å². The number of carbonyl (C=O) groups is 3. The molecule has 1 aliphatic heterocycles. The lowest BCUT2D eigenvalue weighted by molar-refractivity contribution is -0.123. The van der Waals surface area contributed by atoms with Gasteiger partial charge in [-0.3, -0.25) is 10.1 Å². The van der Waals surface area contributed by atoms with Crippen molar-refractivity contribution in [3.8, 4) is 0 Å². The second kappa shape index (κ2) is 9.97. The summed E-state index contributed by atoms with van der Waals surface area (Å²) >= 11 is 0. The van der Waals surface area contributed by atoms with E-state index in [-0.39, 0.29) is 30.1 Å². The molecule has 2 rings (SSSR count). The highest BCUT2D eigenvalue weighted by Crippen LogP contribution is 2.18. The molecule has 0 spiro atoms. The Morgan fingerprint density at radius 1 is 1.25 bits per heavy atom. The summed E-state index contributed by atoms with van der Waals surface area (Å²) in [7, 11) is -3.77. The van der Waals surface area contributed by atoms with Crippen molar-refractivity contribution in [2.24, 2.45) is 0 Å². The first-order valence-electron chi connectivity index (χ1n) is 8.38. The van der Waals surface area contributed by atoms with E-state index in [9.17, 15) is 22.8 Å². The maximum absolute atomic E-state index is 12.6. The average Bonchev–Trinajstić information content (AvgIpc) is 2.71. The van der Waals surface area contributed by atoms with Gasteiger partial charge in [0, 0.05) is 19.6 Å². The van der Waals surface area contributed by atoms with Crippen LogP contribution < -0.4 is 10.6 Å². The quantitative estimate of drug-likeness (QED) is 0.472. The normalized spacial score (nSPS) is 14.7. The topological polar surface area (TPSA) is 131 Å². The van der Waals surface area contributed by atoms with Crippen LogP contribution in [0.5, 0.6) is 0 Å². The fourth-order valence-corrected chi connectivity index (χ4v) is 3.76. The van der Waals surface area contributed by atoms with E-state index < -0.39 is 34.5 Å². The van der Waals surface area contributed by atoms with Gasteiger partial charge in [0.2, 0.25) is 10.0 Å². The van der Waals surface area contributed by atoms with Crippen molar-refractivity contribution in [2.75, 3.05) is 39.5 Å². The third-order valence-corrected chi connectivity index (χ3v) is 5.57. The number of morpholine rings is 1. The molecule has 0 aliphatic carbocycles. The van der Waals surface area contributed by atoms with Crippen LogP contribution in [-0.2, 0) is 24.3 Å². The molecule has 1 fully saturated rings. The van der Waals surface area contributed by atoms with Crippen LogP contribution in [0.25, 0.3) is 0 Å². The lowest BCUT2D eigenvalue weighted by Crippen LogP contribution is -2.41. The fourth-order valence-electron chi connectivity index (χ4n) is 2.31. The van der Waals surface area contributed by atoms with Gasteiger partial charge in [0.05, 0.1) is 23.7 Å². The molecule has 28 heavy (non-hydrogen) atoms. The predicted molar refractivity (Wildman–Crippen MR) is 98.0 cm³/mol. The van der Waals surface area contributed by atoms with Crippen molar-refractivity contribution in [1.82, 2.24) is 14.9 Å². The first-order chi connectivity index (χ1) is 13.3. The molecule has 3 amide bonds. The number of hydrogen-bond donors (Lipinski definition) is 2. The van der Waals surface area contributed by atoms with Crippen LogP contribution in [0, 0.1) is 0 Å². The van der Waals surface area contributed by atoms with Crippen molar-refractivity contribution in [1.29, 1.82) is 0 Å². The maximum Gasteiger partial charge on any atom is 0.338 e. The summed E-state index contributed by atoms with van der Waals surface area (Å²) in [5.41, 5.74) is -0.0294. The summed E-state index contributed by atoms with van der Waals surface area (Å²) in [6.45, 7) is 3.95. The van der Waals surface area contributed by atoms with Crippen molar-refractivity contribution in [2.45, 2.75) is 4.90 Å². The number of nitrogens with one attached hydrogen (secondary N) is 2. The lowest BCUT2D eigenvalue weighted by atomic mass is 10.2. The molecule has 2 N–H and O–H groups in total. The van der Waals surface area contributed by atoms with Crippen LogP contribution in [0.4, 0.5) is 4.79 Å². The Morgan fingerprint density at radius 3 is 2.64 bits per heavy atom. The van der Waals surface area contributed by atoms with E-state index in [0.717, 1.165) is 0 Å². The molecule has 11 heteroatoms. The SMILES string of the molecule is C=CCNC(=O)NC(=O)COC(=O)c1cccc(S(=O)(=O)N2CCOCC2)c1. The molecule has 1 heterocycles. The van der Waals surface area contributed by atoms with Crippen LogP contribution in [0.1, 0.15) is 10.4 Å². The van der Waals surface area contributed by atoms with E-state index in [2.05, 4.69) is 11.9 Å². The number of ether oxygens (including phenoxy) is 2. The van der Waals surface area contributed by atoms with Gasteiger partial charge in [0.15, 0.2) is 6.61 Å². The Labute approximate surface area is 162 Å². The van der Waals surface area contributed by atoms with Gasteiger partial charge in [-0.15, -0.1) is 6.58 Å². The minimum absolute atomic E-state index is 0.0294. The van der Waals surface area contributed by atoms with Crippen molar-refractivity contribution >= 4 is 27.9 Å². The Kier molecular flexibility index (Phi) is 7.67. The van der Waals surface area contributed by atoms with E-state index >= 15 is 0 Å². The molecule has 0 saturated carbocycles. The van der Waals surface area contributed by atoms with E-state index in [4.69, 9.17) is 9.47 Å². The van der Waals surface area contributed by atoms with Crippen LogP contribution in [-0.4, -0.2) is 70.1 Å². The van der Waals surface area contributed by atoms with Crippen molar-refractivity contribution in [3.05, 3.63) is 42.5 Å². The number of esters is 1. The van der Waals surface area contributed by atoms with E-state index in [1.54, 1.807) is 0 Å². The third-order valence-electron chi connectivity index (χ3n) is 3.67. The number of urea groups is 1. The maximum atomic E-state index is 12.6. The zero-order chi connectivity index (χ0) is 20.6. The summed E-state index contributed by atoms with van der Waals surface area (Å²) in [4.78, 5) is 35.0. The molecule has 0 bridgehead atoms. The molecule has 1 saturated heterocycles. The summed E-state index contributed by atoms with van der Waals surface area (Å²) in [6.07, 6.45) is 1.43. The highest BCUT2D eigenvalue weighted by molar-refractivity contribution is 7.89. The van der Waals surface area contributed by atoms with Crippen LogP contribution in [0.3, 0.4) is 0 Å². The third kappa shape index (κ3) is 5.87. The number of imide groups is 1. The lowest BCUT2D eigenvalue weighted by Gasteiger charge is -2.26. The fraction of sp³-hybridized carbons (Fsp3) is 0.353. The standard InChI is InChI=1S/C17H21N3O7S/c1-2-6-18-17(23)19-15(21)12-27-16(22)13-4-3-5-14(11-13)28(24,25)20-7-9-26-10-8-20/h2-5,11H,1,6-10,12H2,(H2,18,19,21,23). The van der Waals surface area contributed by atoms with Crippen LogP contribution >= 0.6 is 0 Å². The van der Waals surface area contributed by atoms with E-state index in [1.165, 1.54) is 34.6 Å². The molecule has 1 aromatic rings. The first-order valence-corrected chi connectivity index (χ1v) is 9.82. The Morgan fingerprint density at radius 2 is 1.96 bits per heavy atom. The van der Waals surface area contributed by atoms with E-state index in [1.807, 2.05) is 5.32 Å². The minimum atomic E-state index is -3.77. The molecule has 0 radical (unpaired) electrons. The molecule has 0 unspecified atom stereocenters. The Balaban J connectivity index is 1.97. The average molecular weight is 411 g/mol. The largest absolute Gasteiger partial charge is 0.452 e. The zero-order valence-electron chi connectivity index (χ0n) is 15.0. The summed E-state index contributed by atoms with van der Waals surface area (Å²) in [5, 5.41) is 4.30. The monoisotopic (exact) mass is 411 g/mol. The molecule has 10 nitrogen and oxygen atoms in total. The second-order valence-electron chi connectivity index (χ2n) is 5.67. The molecule has 1 aromatic carbocycles. The van der Waals surface area contributed by atoms with Crippen LogP contribution in [0.15, 0.2) is 41.8 Å². The van der Waals surface area contributed by atoms with Gasteiger partial charge in [-0.2, -0.15) is 4.31 Å². The summed E-state index contributed by atoms with van der Waals surface area (Å²) in [5.74, 6) is -1.72. The highest BCUT2D eigenvalue weighted by atomic mass is 32.2. The van der Waals surface area contributed by atoms with Gasteiger partial charge in [0.1, 0.15) is 0 Å². The van der Waals surface area contributed by atoms with Crippen molar-refractivity contribution < 1.29 is 32.3 Å². The van der Waals surface area contributed by atoms with Gasteiger partial charge < -0.3 is 14.8 Å². The predicted octanol–water partition coefficient (Wildman–Crippen LogP) is -0.124. The van der Waals surface area contributed by atoms with Crippen LogP contribution in [0.2, 0.25) is 0 Å². The van der Waals surface area contributed by atoms with Gasteiger partial charge in [-0.1, -0.05) is 12.1 Å². The second-order valence-corrected chi connectivity index (χ2v) is 7.61. The highest BCUT2D eigenvalue weighted by Gasteiger charge is 2.27. The smallest absolute Gasteiger partial charge is 0.338 e. The van der Waals surface area contributed by atoms with E-state index in [0.29, 0.717) is 13.2 Å². The number of amides is 3. The Bertz CT molecular complexity index is 848.